The summed E-state index contributed by atoms with van der Waals surface area (Å²) >= 11 is 0. The van der Waals surface area contributed by atoms with E-state index in [1.54, 1.807) is 0 Å². The molecule has 0 bridgehead atoms. The van der Waals surface area contributed by atoms with Crippen molar-refractivity contribution in [3.8, 4) is 11.5 Å². The standard InChI is InChI=1S/C14H22BNO2Si/c1-10-12(6-7-19(3,4)5)8-13(9-16)11(2)14(10)15(17)18/h8,17-18H,9,16H2,1-5H3. The van der Waals surface area contributed by atoms with Crippen molar-refractivity contribution in [1.29, 1.82) is 0 Å². The molecule has 0 saturated carbocycles. The van der Waals surface area contributed by atoms with Crippen molar-refractivity contribution in [2.75, 3.05) is 0 Å². The van der Waals surface area contributed by atoms with E-state index in [2.05, 4.69) is 31.1 Å². The molecule has 0 amide bonds. The van der Waals surface area contributed by atoms with Gasteiger partial charge in [-0.3, -0.25) is 0 Å². The Labute approximate surface area is 117 Å². The molecule has 0 heterocycles. The van der Waals surface area contributed by atoms with Crippen LogP contribution < -0.4 is 11.2 Å². The van der Waals surface area contributed by atoms with Crippen molar-refractivity contribution in [1.82, 2.24) is 0 Å². The van der Waals surface area contributed by atoms with Gasteiger partial charge in [0.15, 0.2) is 0 Å². The van der Waals surface area contributed by atoms with Crippen LogP contribution in [-0.2, 0) is 6.54 Å². The molecule has 0 aliphatic rings. The highest BCUT2D eigenvalue weighted by molar-refractivity contribution is 6.83. The summed E-state index contributed by atoms with van der Waals surface area (Å²) in [6.07, 6.45) is 0. The zero-order valence-corrected chi connectivity index (χ0v) is 13.3. The van der Waals surface area contributed by atoms with Crippen LogP contribution in [0.3, 0.4) is 0 Å². The summed E-state index contributed by atoms with van der Waals surface area (Å²) in [6.45, 7) is 10.6. The van der Waals surface area contributed by atoms with Crippen molar-refractivity contribution in [3.63, 3.8) is 0 Å². The molecule has 19 heavy (non-hydrogen) atoms. The minimum Gasteiger partial charge on any atom is -0.423 e. The molecule has 0 aliphatic heterocycles. The van der Waals surface area contributed by atoms with Crippen LogP contribution in [0, 0.1) is 25.3 Å². The molecule has 1 aromatic carbocycles. The number of benzene rings is 1. The molecular weight excluding hydrogens is 253 g/mol. The summed E-state index contributed by atoms with van der Waals surface area (Å²) in [5, 5.41) is 19.1. The lowest BCUT2D eigenvalue weighted by atomic mass is 9.72. The third kappa shape index (κ3) is 3.95. The van der Waals surface area contributed by atoms with E-state index in [1.807, 2.05) is 19.9 Å². The number of rotatable bonds is 2. The van der Waals surface area contributed by atoms with E-state index in [4.69, 9.17) is 5.73 Å². The van der Waals surface area contributed by atoms with Crippen LogP contribution >= 0.6 is 0 Å². The molecule has 0 radical (unpaired) electrons. The summed E-state index contributed by atoms with van der Waals surface area (Å²) in [4.78, 5) is 0. The first-order valence-electron chi connectivity index (χ1n) is 6.39. The maximum Gasteiger partial charge on any atom is 0.489 e. The van der Waals surface area contributed by atoms with Crippen LogP contribution in [0.4, 0.5) is 0 Å². The third-order valence-corrected chi connectivity index (χ3v) is 3.94. The van der Waals surface area contributed by atoms with Crippen molar-refractivity contribution in [2.45, 2.75) is 40.0 Å². The Kier molecular flexibility index (Phi) is 4.99. The first kappa shape index (κ1) is 16.0. The summed E-state index contributed by atoms with van der Waals surface area (Å²) in [7, 11) is -2.95. The lowest BCUT2D eigenvalue weighted by Gasteiger charge is -2.15. The minimum atomic E-state index is -1.49. The fraction of sp³-hybridized carbons (Fsp3) is 0.429. The second kappa shape index (κ2) is 5.93. The van der Waals surface area contributed by atoms with Crippen LogP contribution in [-0.4, -0.2) is 25.2 Å². The monoisotopic (exact) mass is 275 g/mol. The first-order valence-corrected chi connectivity index (χ1v) is 9.89. The Morgan fingerprint density at radius 3 is 2.21 bits per heavy atom. The van der Waals surface area contributed by atoms with Gasteiger partial charge in [0, 0.05) is 12.1 Å². The van der Waals surface area contributed by atoms with E-state index >= 15 is 0 Å². The van der Waals surface area contributed by atoms with E-state index in [0.717, 1.165) is 22.3 Å². The average Bonchev–Trinajstić information content (AvgIpc) is 2.26. The number of hydrogen-bond donors (Lipinski definition) is 3. The summed E-state index contributed by atoms with van der Waals surface area (Å²) < 4.78 is 0. The van der Waals surface area contributed by atoms with E-state index in [0.29, 0.717) is 12.0 Å². The van der Waals surface area contributed by atoms with Crippen molar-refractivity contribution < 1.29 is 10.0 Å². The molecule has 0 aliphatic carbocycles. The summed E-state index contributed by atoms with van der Waals surface area (Å²) in [6, 6.07) is 1.96. The SMILES string of the molecule is Cc1c(C#C[Si](C)(C)C)cc(CN)c(C)c1B(O)O. The van der Waals surface area contributed by atoms with Gasteiger partial charge in [0.2, 0.25) is 0 Å². The van der Waals surface area contributed by atoms with Crippen LogP contribution in [0.2, 0.25) is 19.6 Å². The Hall–Kier alpha value is -1.06. The predicted octanol–water partition coefficient (Wildman–Crippen LogP) is 0.671. The van der Waals surface area contributed by atoms with E-state index in [-0.39, 0.29) is 0 Å². The zero-order valence-electron chi connectivity index (χ0n) is 12.3. The summed E-state index contributed by atoms with van der Waals surface area (Å²) in [5.41, 5.74) is 13.0. The molecule has 1 rings (SSSR count). The van der Waals surface area contributed by atoms with E-state index < -0.39 is 15.2 Å². The highest BCUT2D eigenvalue weighted by Crippen LogP contribution is 2.14. The Bertz CT molecular complexity index is 539. The maximum absolute atomic E-state index is 9.53. The normalized spacial score (nSPS) is 10.9. The van der Waals surface area contributed by atoms with Crippen molar-refractivity contribution >= 4 is 20.7 Å². The van der Waals surface area contributed by atoms with Crippen LogP contribution in [0.25, 0.3) is 0 Å². The van der Waals surface area contributed by atoms with Gasteiger partial charge in [-0.2, -0.15) is 0 Å². The van der Waals surface area contributed by atoms with Gasteiger partial charge in [-0.25, -0.2) is 0 Å². The van der Waals surface area contributed by atoms with E-state index in [1.165, 1.54) is 0 Å². The Morgan fingerprint density at radius 1 is 1.21 bits per heavy atom. The lowest BCUT2D eigenvalue weighted by molar-refractivity contribution is 0.425. The average molecular weight is 275 g/mol. The molecule has 0 aromatic heterocycles. The minimum absolute atomic E-state index is 0.369. The molecular formula is C14H22BNO2Si. The highest BCUT2D eigenvalue weighted by Gasteiger charge is 2.21. The summed E-state index contributed by atoms with van der Waals surface area (Å²) in [5.74, 6) is 3.18. The Balaban J connectivity index is 3.49. The number of hydrogen-bond acceptors (Lipinski definition) is 3. The molecule has 0 unspecified atom stereocenters. The predicted molar refractivity (Wildman–Crippen MR) is 83.9 cm³/mol. The molecule has 0 atom stereocenters. The lowest BCUT2D eigenvalue weighted by Crippen LogP contribution is -2.36. The van der Waals surface area contributed by atoms with Gasteiger partial charge in [-0.1, -0.05) is 25.6 Å². The molecule has 0 spiro atoms. The molecule has 4 N–H and O–H groups in total. The van der Waals surface area contributed by atoms with Crippen LogP contribution in [0.15, 0.2) is 6.07 Å². The second-order valence-electron chi connectivity index (χ2n) is 5.82. The van der Waals surface area contributed by atoms with Crippen LogP contribution in [0.5, 0.6) is 0 Å². The zero-order chi connectivity index (χ0) is 14.8. The fourth-order valence-electron chi connectivity index (χ4n) is 1.97. The molecule has 1 aromatic rings. The van der Waals surface area contributed by atoms with Gasteiger partial charge in [-0.05, 0) is 42.1 Å². The smallest absolute Gasteiger partial charge is 0.423 e. The van der Waals surface area contributed by atoms with Gasteiger partial charge in [-0.15, -0.1) is 5.54 Å². The van der Waals surface area contributed by atoms with Gasteiger partial charge < -0.3 is 15.8 Å². The van der Waals surface area contributed by atoms with Gasteiger partial charge in [0.25, 0.3) is 0 Å². The highest BCUT2D eigenvalue weighted by atomic mass is 28.3. The van der Waals surface area contributed by atoms with Gasteiger partial charge >= 0.3 is 7.12 Å². The largest absolute Gasteiger partial charge is 0.489 e. The quantitative estimate of drug-likeness (QED) is 0.549. The molecule has 5 heteroatoms. The van der Waals surface area contributed by atoms with Crippen molar-refractivity contribution in [2.24, 2.45) is 5.73 Å². The Morgan fingerprint density at radius 2 is 1.79 bits per heavy atom. The van der Waals surface area contributed by atoms with E-state index in [9.17, 15) is 10.0 Å². The first-order chi connectivity index (χ1) is 8.67. The second-order valence-corrected chi connectivity index (χ2v) is 10.6. The molecule has 3 nitrogen and oxygen atoms in total. The third-order valence-electron chi connectivity index (χ3n) is 3.06. The fourth-order valence-corrected chi connectivity index (χ4v) is 2.48. The van der Waals surface area contributed by atoms with Gasteiger partial charge in [0.1, 0.15) is 8.07 Å². The van der Waals surface area contributed by atoms with Gasteiger partial charge in [0.05, 0.1) is 0 Å². The number of nitrogens with two attached hydrogens (primary N) is 1. The van der Waals surface area contributed by atoms with Crippen molar-refractivity contribution in [3.05, 3.63) is 28.3 Å². The molecule has 0 saturated heterocycles. The topological polar surface area (TPSA) is 66.5 Å². The molecule has 102 valence electrons. The van der Waals surface area contributed by atoms with Crippen LogP contribution in [0.1, 0.15) is 22.3 Å². The molecule has 0 fully saturated rings. The maximum atomic E-state index is 9.53.